The second-order valence-corrected chi connectivity index (χ2v) is 12.4. The zero-order valence-corrected chi connectivity index (χ0v) is 31.9. The normalized spacial score (nSPS) is 14.8. The molecule has 0 radical (unpaired) electrons. The fourth-order valence-corrected chi connectivity index (χ4v) is 4.66. The van der Waals surface area contributed by atoms with Gasteiger partial charge in [0.1, 0.15) is 11.8 Å². The Bertz CT molecular complexity index is 1630. The highest BCUT2D eigenvalue weighted by Gasteiger charge is 2.60. The van der Waals surface area contributed by atoms with Crippen molar-refractivity contribution in [1.29, 1.82) is 0 Å². The average molecular weight is 822 g/mol. The smallest absolute Gasteiger partial charge is 0.433 e. The summed E-state index contributed by atoms with van der Waals surface area (Å²) in [5.41, 5.74) is 29.6. The summed E-state index contributed by atoms with van der Waals surface area (Å²) in [5.74, 6) is -15.8. The molecule has 314 valence electrons. The Morgan fingerprint density at radius 2 is 1.27 bits per heavy atom. The molecule has 4 unspecified atom stereocenters. The Morgan fingerprint density at radius 1 is 0.732 bits per heavy atom. The first-order valence-electron chi connectivity index (χ1n) is 15.9. The third-order valence-corrected chi connectivity index (χ3v) is 7.19. The van der Waals surface area contributed by atoms with Gasteiger partial charge < -0.3 is 56.8 Å². The molecule has 5 atom stereocenters. The SMILES string of the molecule is CSCC[C@@](N)(OC(C)=O)C(=O)OC(OC(=O)C(N)Cc1ccccc1OC(C)=O)(OC(=O)C(N)(CCCN=C(N)N)OC(C)=O)C(N)C(=O)OOC(C)=O.O. The van der Waals surface area contributed by atoms with Crippen LogP contribution in [0.25, 0.3) is 0 Å². The highest BCUT2D eigenvalue weighted by atomic mass is 32.2. The Balaban J connectivity index is 0.0000302. The number of hydrogen-bond acceptors (Lipinski definition) is 22. The van der Waals surface area contributed by atoms with Gasteiger partial charge in [0.25, 0.3) is 11.4 Å². The monoisotopic (exact) mass is 821 g/mol. The lowest BCUT2D eigenvalue weighted by Crippen LogP contribution is -2.67. The number of nitrogens with zero attached hydrogens (tertiary/aromatic N) is 1. The predicted octanol–water partition coefficient (Wildman–Crippen LogP) is -3.47. The molecular formula is C31H47N7O17S. The Labute approximate surface area is 323 Å². The molecular weight excluding hydrogens is 774 g/mol. The number of guanidine groups is 1. The van der Waals surface area contributed by atoms with Crippen LogP contribution in [0.3, 0.4) is 0 Å². The first-order valence-corrected chi connectivity index (χ1v) is 17.3. The molecule has 0 amide bonds. The van der Waals surface area contributed by atoms with Crippen molar-refractivity contribution in [3.8, 4) is 5.75 Å². The largest absolute Gasteiger partial charge is 0.451 e. The lowest BCUT2D eigenvalue weighted by atomic mass is 10.1. The minimum absolute atomic E-state index is 0. The van der Waals surface area contributed by atoms with Crippen LogP contribution in [0.1, 0.15) is 52.5 Å². The molecule has 0 aliphatic heterocycles. The average Bonchev–Trinajstić information content (AvgIpc) is 3.07. The molecule has 0 aromatic heterocycles. The first-order chi connectivity index (χ1) is 25.5. The van der Waals surface area contributed by atoms with Gasteiger partial charge in [-0.05, 0) is 30.1 Å². The Morgan fingerprint density at radius 3 is 1.75 bits per heavy atom. The van der Waals surface area contributed by atoms with Crippen LogP contribution >= 0.6 is 11.8 Å². The molecule has 1 aromatic carbocycles. The number of hydrogen-bond donors (Lipinski definition) is 6. The zero-order valence-electron chi connectivity index (χ0n) is 31.1. The molecule has 0 fully saturated rings. The molecule has 25 heteroatoms. The molecule has 14 N–H and O–H groups in total. The predicted molar refractivity (Wildman–Crippen MR) is 190 cm³/mol. The fraction of sp³-hybridized carbons (Fsp3) is 0.516. The third-order valence-electron chi connectivity index (χ3n) is 6.58. The van der Waals surface area contributed by atoms with Gasteiger partial charge in [0.2, 0.25) is 6.04 Å². The first kappa shape index (κ1) is 50.4. The zero-order chi connectivity index (χ0) is 42.1. The number of para-hydroxylation sites is 1. The van der Waals surface area contributed by atoms with Crippen molar-refractivity contribution in [2.45, 2.75) is 82.9 Å². The lowest BCUT2D eigenvalue weighted by Gasteiger charge is -2.38. The number of rotatable bonds is 20. The van der Waals surface area contributed by atoms with E-state index < -0.39 is 96.5 Å². The van der Waals surface area contributed by atoms with Crippen molar-refractivity contribution in [3.05, 3.63) is 29.8 Å². The van der Waals surface area contributed by atoms with E-state index in [9.17, 15) is 38.4 Å². The number of thioether (sulfide) groups is 1. The molecule has 0 aliphatic rings. The van der Waals surface area contributed by atoms with Crippen LogP contribution in [0.5, 0.6) is 5.75 Å². The van der Waals surface area contributed by atoms with Gasteiger partial charge in [0, 0.05) is 53.5 Å². The Kier molecular flexibility index (Phi) is 20.4. The van der Waals surface area contributed by atoms with Gasteiger partial charge in [-0.1, -0.05) is 18.2 Å². The van der Waals surface area contributed by atoms with E-state index in [0.717, 1.165) is 39.5 Å². The highest BCUT2D eigenvalue weighted by molar-refractivity contribution is 7.98. The number of aliphatic imine (C=N–C) groups is 1. The van der Waals surface area contributed by atoms with E-state index in [1.54, 1.807) is 6.26 Å². The standard InChI is InChI=1S/C31H45N7O16S.H2O/c1-16(39)47-22-10-7-6-9-20(22)15-21(32)24(43)50-31(23(33)25(44)54-53-19(4)42,52-27(46)30(37,12-14-55-5)49-18(3)41)51-26(45)29(36,48-17(2)40)11-8-13-38-28(34)35;/h6-7,9-10,21,23H,8,11-15,32-33,36-37H2,1-5H3,(H4,34,35,38);1H2/t21?,23?,29?,30-,31?;/m1./s1. The third kappa shape index (κ3) is 16.0. The maximum absolute atomic E-state index is 13.9. The molecule has 0 spiro atoms. The molecule has 0 heterocycles. The minimum Gasteiger partial charge on any atom is -0.433 e. The van der Waals surface area contributed by atoms with E-state index in [2.05, 4.69) is 14.8 Å². The van der Waals surface area contributed by atoms with Gasteiger partial charge in [-0.15, -0.1) is 0 Å². The van der Waals surface area contributed by atoms with Gasteiger partial charge in [-0.2, -0.15) is 11.8 Å². The van der Waals surface area contributed by atoms with Crippen molar-refractivity contribution < 1.29 is 82.0 Å². The van der Waals surface area contributed by atoms with E-state index in [-0.39, 0.29) is 41.5 Å². The van der Waals surface area contributed by atoms with Gasteiger partial charge >= 0.3 is 53.7 Å². The summed E-state index contributed by atoms with van der Waals surface area (Å²) in [6, 6.07) is 1.11. The number of nitrogens with two attached hydrogens (primary N) is 6. The van der Waals surface area contributed by atoms with Gasteiger partial charge in [0.05, 0.1) is 0 Å². The van der Waals surface area contributed by atoms with Crippen LogP contribution in [-0.4, -0.2) is 107 Å². The maximum atomic E-state index is 13.9. The number of carbonyl (C=O) groups is 8. The van der Waals surface area contributed by atoms with Crippen molar-refractivity contribution >= 4 is 65.5 Å². The van der Waals surface area contributed by atoms with Gasteiger partial charge in [-0.25, -0.2) is 29.0 Å². The van der Waals surface area contributed by atoms with Crippen molar-refractivity contribution in [2.75, 3.05) is 18.6 Å². The number of benzene rings is 1. The summed E-state index contributed by atoms with van der Waals surface area (Å²) in [5, 5.41) is 0. The summed E-state index contributed by atoms with van der Waals surface area (Å²) >= 11 is 1.13. The summed E-state index contributed by atoms with van der Waals surface area (Å²) in [6.07, 6.45) is -0.221. The molecule has 56 heavy (non-hydrogen) atoms. The van der Waals surface area contributed by atoms with E-state index in [4.69, 9.17) is 62.8 Å². The van der Waals surface area contributed by atoms with Crippen LogP contribution < -0.4 is 39.1 Å². The van der Waals surface area contributed by atoms with Crippen LogP contribution in [-0.2, 0) is 78.2 Å². The number of carbonyl (C=O) groups excluding carboxylic acids is 8. The van der Waals surface area contributed by atoms with Crippen molar-refractivity contribution in [1.82, 2.24) is 0 Å². The van der Waals surface area contributed by atoms with Gasteiger partial charge in [0.15, 0.2) is 5.96 Å². The topological polar surface area (TPSA) is 410 Å². The highest BCUT2D eigenvalue weighted by Crippen LogP contribution is 2.30. The molecule has 1 aromatic rings. The minimum atomic E-state index is -3.90. The van der Waals surface area contributed by atoms with E-state index in [1.807, 2.05) is 0 Å². The van der Waals surface area contributed by atoms with E-state index >= 15 is 0 Å². The number of ether oxygens (including phenoxy) is 6. The van der Waals surface area contributed by atoms with Crippen molar-refractivity contribution in [2.24, 2.45) is 39.4 Å². The summed E-state index contributed by atoms with van der Waals surface area (Å²) in [7, 11) is 0. The second-order valence-electron chi connectivity index (χ2n) is 11.4. The molecule has 0 saturated carbocycles. The van der Waals surface area contributed by atoms with Gasteiger partial charge in [-0.3, -0.25) is 35.6 Å². The molecule has 1 rings (SSSR count). The number of esters is 6. The van der Waals surface area contributed by atoms with Crippen LogP contribution in [0.4, 0.5) is 0 Å². The van der Waals surface area contributed by atoms with Crippen LogP contribution in [0.2, 0.25) is 0 Å². The fourth-order valence-electron chi connectivity index (χ4n) is 4.15. The maximum Gasteiger partial charge on any atom is 0.451 e. The molecule has 24 nitrogen and oxygen atoms in total. The lowest BCUT2D eigenvalue weighted by molar-refractivity contribution is -0.350. The van der Waals surface area contributed by atoms with Crippen LogP contribution in [0.15, 0.2) is 29.3 Å². The van der Waals surface area contributed by atoms with Crippen LogP contribution in [0, 0.1) is 0 Å². The van der Waals surface area contributed by atoms with E-state index in [0.29, 0.717) is 0 Å². The Hall–Kier alpha value is -5.60. The molecule has 0 saturated heterocycles. The second kappa shape index (κ2) is 22.7. The summed E-state index contributed by atoms with van der Waals surface area (Å²) in [4.78, 5) is 114. The van der Waals surface area contributed by atoms with Crippen molar-refractivity contribution in [3.63, 3.8) is 0 Å². The van der Waals surface area contributed by atoms with E-state index in [1.165, 1.54) is 24.3 Å². The quantitative estimate of drug-likeness (QED) is 0.00856. The molecule has 0 aliphatic carbocycles. The molecule has 0 bridgehead atoms. The summed E-state index contributed by atoms with van der Waals surface area (Å²) in [6.45, 7) is 3.45. The summed E-state index contributed by atoms with van der Waals surface area (Å²) < 4.78 is 31.0.